The van der Waals surface area contributed by atoms with Crippen LogP contribution < -0.4 is 11.1 Å². The average molecular weight is 250 g/mol. The van der Waals surface area contributed by atoms with Gasteiger partial charge in [-0.15, -0.1) is 0 Å². The van der Waals surface area contributed by atoms with Crippen molar-refractivity contribution >= 4 is 15.7 Å². The molecule has 1 amide bonds. The summed E-state index contributed by atoms with van der Waals surface area (Å²) in [5.41, 5.74) is 4.64. The van der Waals surface area contributed by atoms with Crippen molar-refractivity contribution < 1.29 is 13.2 Å². The molecule has 0 atom stereocenters. The predicted octanol–water partition coefficient (Wildman–Crippen LogP) is 0.0548. The van der Waals surface area contributed by atoms with Gasteiger partial charge in [-0.2, -0.15) is 0 Å². The van der Waals surface area contributed by atoms with Crippen LogP contribution in [0.3, 0.4) is 0 Å². The first-order valence-electron chi connectivity index (χ1n) is 5.42. The number of nitrogens with two attached hydrogens (primary N) is 1. The fraction of sp³-hybridized carbons (Fsp3) is 0.900. The zero-order valence-corrected chi connectivity index (χ0v) is 11.1. The number of sulfone groups is 1. The summed E-state index contributed by atoms with van der Waals surface area (Å²) in [6, 6.07) is 0. The Labute approximate surface area is 97.7 Å². The Balaban J connectivity index is 4.02. The molecule has 6 heteroatoms. The Bertz CT molecular complexity index is 323. The van der Waals surface area contributed by atoms with Crippen molar-refractivity contribution in [1.29, 1.82) is 0 Å². The van der Waals surface area contributed by atoms with Gasteiger partial charge < -0.3 is 11.1 Å². The highest BCUT2D eigenvalue weighted by Crippen LogP contribution is 2.06. The maximum absolute atomic E-state index is 11.4. The zero-order valence-electron chi connectivity index (χ0n) is 10.2. The minimum absolute atomic E-state index is 0.100. The number of hydrogen-bond donors (Lipinski definition) is 2. The second-order valence-electron chi connectivity index (χ2n) is 4.61. The number of primary amides is 1. The van der Waals surface area contributed by atoms with E-state index in [2.05, 4.69) is 5.32 Å². The SMILES string of the molecule is CCCS(=O)(=O)CCNC(C)(C)CC(N)=O. The van der Waals surface area contributed by atoms with Crippen LogP contribution in [0.15, 0.2) is 0 Å². The van der Waals surface area contributed by atoms with E-state index in [1.165, 1.54) is 0 Å². The Kier molecular flexibility index (Phi) is 5.96. The Morgan fingerprint density at radius 3 is 2.31 bits per heavy atom. The quantitative estimate of drug-likeness (QED) is 0.637. The van der Waals surface area contributed by atoms with Crippen LogP contribution >= 0.6 is 0 Å². The molecule has 0 aromatic heterocycles. The summed E-state index contributed by atoms with van der Waals surface area (Å²) in [5, 5.41) is 3.02. The van der Waals surface area contributed by atoms with Crippen molar-refractivity contribution in [3.05, 3.63) is 0 Å². The summed E-state index contributed by atoms with van der Waals surface area (Å²) in [7, 11) is -2.96. The van der Waals surface area contributed by atoms with Crippen LogP contribution in [0.2, 0.25) is 0 Å². The predicted molar refractivity (Wildman–Crippen MR) is 64.8 cm³/mol. The molecule has 0 rings (SSSR count). The second kappa shape index (κ2) is 6.20. The molecule has 0 spiro atoms. The van der Waals surface area contributed by atoms with Gasteiger partial charge in [0.25, 0.3) is 0 Å². The van der Waals surface area contributed by atoms with Gasteiger partial charge in [-0.25, -0.2) is 8.42 Å². The topological polar surface area (TPSA) is 89.3 Å². The molecule has 0 unspecified atom stereocenters. The molecule has 0 aliphatic heterocycles. The van der Waals surface area contributed by atoms with Crippen molar-refractivity contribution in [3.63, 3.8) is 0 Å². The zero-order chi connectivity index (χ0) is 12.8. The first-order valence-corrected chi connectivity index (χ1v) is 7.24. The number of carbonyl (C=O) groups excluding carboxylic acids is 1. The molecule has 0 fully saturated rings. The lowest BCUT2D eigenvalue weighted by molar-refractivity contribution is -0.119. The monoisotopic (exact) mass is 250 g/mol. The lowest BCUT2D eigenvalue weighted by Crippen LogP contribution is -2.44. The van der Waals surface area contributed by atoms with E-state index in [0.717, 1.165) is 0 Å². The average Bonchev–Trinajstić information content (AvgIpc) is 1.99. The van der Waals surface area contributed by atoms with Crippen LogP contribution in [0.25, 0.3) is 0 Å². The van der Waals surface area contributed by atoms with E-state index < -0.39 is 21.3 Å². The Morgan fingerprint density at radius 1 is 1.31 bits per heavy atom. The van der Waals surface area contributed by atoms with Gasteiger partial charge in [-0.3, -0.25) is 4.79 Å². The van der Waals surface area contributed by atoms with Crippen LogP contribution in [-0.4, -0.2) is 37.9 Å². The van der Waals surface area contributed by atoms with Crippen molar-refractivity contribution in [2.75, 3.05) is 18.1 Å². The minimum Gasteiger partial charge on any atom is -0.370 e. The van der Waals surface area contributed by atoms with E-state index in [1.807, 2.05) is 20.8 Å². The molecule has 0 saturated carbocycles. The van der Waals surface area contributed by atoms with Gasteiger partial charge in [0.15, 0.2) is 9.84 Å². The van der Waals surface area contributed by atoms with Gasteiger partial charge in [0, 0.05) is 24.3 Å². The van der Waals surface area contributed by atoms with E-state index in [-0.39, 0.29) is 17.9 Å². The smallest absolute Gasteiger partial charge is 0.219 e. The third-order valence-corrected chi connectivity index (χ3v) is 4.00. The van der Waals surface area contributed by atoms with Gasteiger partial charge in [0.2, 0.25) is 5.91 Å². The highest BCUT2D eigenvalue weighted by atomic mass is 32.2. The van der Waals surface area contributed by atoms with E-state index in [0.29, 0.717) is 13.0 Å². The largest absolute Gasteiger partial charge is 0.370 e. The molecule has 0 radical (unpaired) electrons. The summed E-state index contributed by atoms with van der Waals surface area (Å²) in [5.74, 6) is -0.0811. The molecule has 5 nitrogen and oxygen atoms in total. The number of carbonyl (C=O) groups is 1. The first-order chi connectivity index (χ1) is 7.18. The lowest BCUT2D eigenvalue weighted by atomic mass is 10.0. The van der Waals surface area contributed by atoms with Crippen LogP contribution in [0.1, 0.15) is 33.6 Å². The summed E-state index contributed by atoms with van der Waals surface area (Å²) < 4.78 is 22.8. The molecular formula is C10H22N2O3S. The van der Waals surface area contributed by atoms with Gasteiger partial charge in [0.05, 0.1) is 5.75 Å². The summed E-state index contributed by atoms with van der Waals surface area (Å²) in [4.78, 5) is 10.7. The van der Waals surface area contributed by atoms with E-state index in [4.69, 9.17) is 5.73 Å². The molecule has 96 valence electrons. The van der Waals surface area contributed by atoms with Gasteiger partial charge in [-0.05, 0) is 20.3 Å². The number of hydrogen-bond acceptors (Lipinski definition) is 4. The van der Waals surface area contributed by atoms with E-state index in [1.54, 1.807) is 0 Å². The molecule has 0 aromatic rings. The third kappa shape index (κ3) is 7.64. The normalized spacial score (nSPS) is 12.7. The standard InChI is InChI=1S/C10H22N2O3S/c1-4-6-16(14,15)7-5-12-10(2,3)8-9(11)13/h12H,4-8H2,1-3H3,(H2,11,13). The molecular weight excluding hydrogens is 228 g/mol. The van der Waals surface area contributed by atoms with Crippen molar-refractivity contribution in [2.45, 2.75) is 39.2 Å². The summed E-state index contributed by atoms with van der Waals surface area (Å²) >= 11 is 0. The van der Waals surface area contributed by atoms with Crippen molar-refractivity contribution in [2.24, 2.45) is 5.73 Å². The van der Waals surface area contributed by atoms with Crippen LogP contribution in [-0.2, 0) is 14.6 Å². The lowest BCUT2D eigenvalue weighted by Gasteiger charge is -2.24. The Hall–Kier alpha value is -0.620. The molecule has 0 heterocycles. The molecule has 0 saturated heterocycles. The van der Waals surface area contributed by atoms with Crippen LogP contribution in [0.5, 0.6) is 0 Å². The maximum atomic E-state index is 11.4. The Morgan fingerprint density at radius 2 is 1.88 bits per heavy atom. The van der Waals surface area contributed by atoms with Crippen molar-refractivity contribution in [3.8, 4) is 0 Å². The number of rotatable bonds is 8. The maximum Gasteiger partial charge on any atom is 0.219 e. The third-order valence-electron chi connectivity index (χ3n) is 2.15. The first kappa shape index (κ1) is 15.4. The number of nitrogens with one attached hydrogen (secondary N) is 1. The van der Waals surface area contributed by atoms with Crippen molar-refractivity contribution in [1.82, 2.24) is 5.32 Å². The molecule has 3 N–H and O–H groups in total. The fourth-order valence-corrected chi connectivity index (χ4v) is 2.70. The van der Waals surface area contributed by atoms with Crippen LogP contribution in [0, 0.1) is 0 Å². The molecule has 0 bridgehead atoms. The number of amides is 1. The molecule has 0 aliphatic rings. The van der Waals surface area contributed by atoms with Gasteiger partial charge >= 0.3 is 0 Å². The summed E-state index contributed by atoms with van der Waals surface area (Å²) in [6.45, 7) is 5.83. The van der Waals surface area contributed by atoms with Gasteiger partial charge in [-0.1, -0.05) is 6.92 Å². The molecule has 16 heavy (non-hydrogen) atoms. The fourth-order valence-electron chi connectivity index (χ4n) is 1.46. The highest BCUT2D eigenvalue weighted by molar-refractivity contribution is 7.91. The summed E-state index contributed by atoms with van der Waals surface area (Å²) in [6.07, 6.45) is 0.827. The van der Waals surface area contributed by atoms with E-state index in [9.17, 15) is 13.2 Å². The van der Waals surface area contributed by atoms with Crippen LogP contribution in [0.4, 0.5) is 0 Å². The molecule has 0 aromatic carbocycles. The minimum atomic E-state index is -2.96. The molecule has 0 aliphatic carbocycles. The van der Waals surface area contributed by atoms with E-state index >= 15 is 0 Å². The second-order valence-corrected chi connectivity index (χ2v) is 6.91. The highest BCUT2D eigenvalue weighted by Gasteiger charge is 2.20. The van der Waals surface area contributed by atoms with Gasteiger partial charge in [0.1, 0.15) is 0 Å².